The normalized spacial score (nSPS) is 18.3. The van der Waals surface area contributed by atoms with Crippen molar-refractivity contribution in [3.8, 4) is 0 Å². The quantitative estimate of drug-likeness (QED) is 0.801. The van der Waals surface area contributed by atoms with Gasteiger partial charge in [-0.15, -0.1) is 0 Å². The van der Waals surface area contributed by atoms with Crippen LogP contribution in [0.5, 0.6) is 0 Å². The second-order valence-electron chi connectivity index (χ2n) is 5.19. The van der Waals surface area contributed by atoms with Gasteiger partial charge in [0.25, 0.3) is 0 Å². The predicted molar refractivity (Wildman–Crippen MR) is 76.3 cm³/mol. The van der Waals surface area contributed by atoms with Crippen LogP contribution in [-0.4, -0.2) is 39.0 Å². The first kappa shape index (κ1) is 15.2. The van der Waals surface area contributed by atoms with Gasteiger partial charge >= 0.3 is 0 Å². The Labute approximate surface area is 119 Å². The number of anilines is 1. The Morgan fingerprint density at radius 1 is 1.40 bits per heavy atom. The molecule has 0 aromatic heterocycles. The van der Waals surface area contributed by atoms with Crippen LogP contribution in [-0.2, 0) is 10.0 Å². The van der Waals surface area contributed by atoms with E-state index in [9.17, 15) is 12.8 Å². The molecule has 0 bridgehead atoms. The number of halogens is 1. The maximum absolute atomic E-state index is 13.7. The lowest BCUT2D eigenvalue weighted by Gasteiger charge is -2.21. The third-order valence-electron chi connectivity index (χ3n) is 3.35. The molecule has 1 aliphatic heterocycles. The van der Waals surface area contributed by atoms with E-state index < -0.39 is 20.7 Å². The Bertz CT molecular complexity index is 551. The van der Waals surface area contributed by atoms with Gasteiger partial charge < -0.3 is 10.6 Å². The van der Waals surface area contributed by atoms with E-state index in [4.69, 9.17) is 5.73 Å². The first-order valence-corrected chi connectivity index (χ1v) is 8.17. The second kappa shape index (κ2) is 6.07. The van der Waals surface area contributed by atoms with E-state index in [1.54, 1.807) is 6.92 Å². The molecule has 1 aliphatic rings. The SMILES string of the molecule is CC(CN1CCCC1)NS(=O)(=O)c1c(N)cccc1F. The fourth-order valence-corrected chi connectivity index (χ4v) is 3.95. The van der Waals surface area contributed by atoms with Crippen LogP contribution in [0.4, 0.5) is 10.1 Å². The molecule has 0 saturated carbocycles. The average Bonchev–Trinajstić information content (AvgIpc) is 2.79. The van der Waals surface area contributed by atoms with E-state index in [0.29, 0.717) is 6.54 Å². The Morgan fingerprint density at radius 2 is 2.05 bits per heavy atom. The third kappa shape index (κ3) is 3.47. The van der Waals surface area contributed by atoms with Crippen molar-refractivity contribution in [2.24, 2.45) is 0 Å². The van der Waals surface area contributed by atoms with E-state index in [1.807, 2.05) is 0 Å². The standard InChI is InChI=1S/C13H20FN3O2S/c1-10(9-17-7-2-3-8-17)16-20(18,19)13-11(14)5-4-6-12(13)15/h4-6,10,16H,2-3,7-9,15H2,1H3. The number of nitrogens with two attached hydrogens (primary N) is 1. The van der Waals surface area contributed by atoms with E-state index in [0.717, 1.165) is 32.0 Å². The van der Waals surface area contributed by atoms with Crippen LogP contribution in [0.3, 0.4) is 0 Å². The zero-order valence-electron chi connectivity index (χ0n) is 11.5. The molecule has 7 heteroatoms. The highest BCUT2D eigenvalue weighted by molar-refractivity contribution is 7.89. The van der Waals surface area contributed by atoms with Crippen molar-refractivity contribution in [1.82, 2.24) is 9.62 Å². The van der Waals surface area contributed by atoms with Crippen LogP contribution in [0.2, 0.25) is 0 Å². The van der Waals surface area contributed by atoms with Crippen LogP contribution in [0, 0.1) is 5.82 Å². The molecule has 1 heterocycles. The third-order valence-corrected chi connectivity index (χ3v) is 5.03. The molecule has 0 aliphatic carbocycles. The summed E-state index contributed by atoms with van der Waals surface area (Å²) in [6, 6.07) is 3.56. The molecule has 0 radical (unpaired) electrons. The predicted octanol–water partition coefficient (Wildman–Crippen LogP) is 1.17. The average molecular weight is 301 g/mol. The van der Waals surface area contributed by atoms with Crippen LogP contribution in [0.25, 0.3) is 0 Å². The van der Waals surface area contributed by atoms with Crippen molar-refractivity contribution in [3.63, 3.8) is 0 Å². The molecule has 112 valence electrons. The fourth-order valence-electron chi connectivity index (χ4n) is 2.52. The van der Waals surface area contributed by atoms with Crippen LogP contribution in [0.1, 0.15) is 19.8 Å². The Balaban J connectivity index is 2.10. The van der Waals surface area contributed by atoms with Crippen molar-refractivity contribution in [2.45, 2.75) is 30.7 Å². The van der Waals surface area contributed by atoms with Crippen molar-refractivity contribution >= 4 is 15.7 Å². The van der Waals surface area contributed by atoms with Crippen molar-refractivity contribution < 1.29 is 12.8 Å². The zero-order chi connectivity index (χ0) is 14.8. The molecule has 3 N–H and O–H groups in total. The number of hydrogen-bond acceptors (Lipinski definition) is 4. The molecular formula is C13H20FN3O2S. The summed E-state index contributed by atoms with van der Waals surface area (Å²) in [4.78, 5) is 1.73. The molecule has 1 aromatic carbocycles. The summed E-state index contributed by atoms with van der Waals surface area (Å²) >= 11 is 0. The lowest BCUT2D eigenvalue weighted by atomic mass is 10.3. The smallest absolute Gasteiger partial charge is 0.245 e. The van der Waals surface area contributed by atoms with Gasteiger partial charge in [-0.3, -0.25) is 0 Å². The molecule has 0 spiro atoms. The number of nitrogens with zero attached hydrogens (tertiary/aromatic N) is 1. The number of nitrogens with one attached hydrogen (secondary N) is 1. The molecule has 5 nitrogen and oxygen atoms in total. The highest BCUT2D eigenvalue weighted by atomic mass is 32.2. The van der Waals surface area contributed by atoms with Crippen molar-refractivity contribution in [1.29, 1.82) is 0 Å². The first-order valence-electron chi connectivity index (χ1n) is 6.69. The molecule has 20 heavy (non-hydrogen) atoms. The van der Waals surface area contributed by atoms with Crippen molar-refractivity contribution in [2.75, 3.05) is 25.4 Å². The number of benzene rings is 1. The maximum atomic E-state index is 13.7. The van der Waals surface area contributed by atoms with Gasteiger partial charge in [0, 0.05) is 12.6 Å². The molecule has 1 unspecified atom stereocenters. The van der Waals surface area contributed by atoms with Gasteiger partial charge in [0.15, 0.2) is 0 Å². The van der Waals surface area contributed by atoms with Gasteiger partial charge in [-0.2, -0.15) is 0 Å². The second-order valence-corrected chi connectivity index (χ2v) is 6.84. The van der Waals surface area contributed by atoms with Gasteiger partial charge in [-0.05, 0) is 45.0 Å². The van der Waals surface area contributed by atoms with E-state index >= 15 is 0 Å². The lowest BCUT2D eigenvalue weighted by molar-refractivity contribution is 0.312. The minimum absolute atomic E-state index is 0.0779. The number of nitrogen functional groups attached to an aromatic ring is 1. The largest absolute Gasteiger partial charge is 0.398 e. The summed E-state index contributed by atoms with van der Waals surface area (Å²) in [6.07, 6.45) is 2.28. The van der Waals surface area contributed by atoms with Gasteiger partial charge in [-0.1, -0.05) is 6.07 Å². The van der Waals surface area contributed by atoms with Crippen LogP contribution < -0.4 is 10.5 Å². The fraction of sp³-hybridized carbons (Fsp3) is 0.538. The summed E-state index contributed by atoms with van der Waals surface area (Å²) < 4.78 is 40.6. The Hall–Kier alpha value is -1.18. The van der Waals surface area contributed by atoms with E-state index in [2.05, 4.69) is 9.62 Å². The maximum Gasteiger partial charge on any atom is 0.245 e. The Morgan fingerprint density at radius 3 is 2.65 bits per heavy atom. The zero-order valence-corrected chi connectivity index (χ0v) is 12.3. The first-order chi connectivity index (χ1) is 9.40. The molecule has 1 fully saturated rings. The topological polar surface area (TPSA) is 75.4 Å². The van der Waals surface area contributed by atoms with Crippen molar-refractivity contribution in [3.05, 3.63) is 24.0 Å². The summed E-state index contributed by atoms with van der Waals surface area (Å²) in [5.41, 5.74) is 5.50. The van der Waals surface area contributed by atoms with Gasteiger partial charge in [0.2, 0.25) is 10.0 Å². The monoisotopic (exact) mass is 301 g/mol. The lowest BCUT2D eigenvalue weighted by Crippen LogP contribution is -2.41. The van der Waals surface area contributed by atoms with Gasteiger partial charge in [0.05, 0.1) is 5.69 Å². The number of sulfonamides is 1. The van der Waals surface area contributed by atoms with Gasteiger partial charge in [-0.25, -0.2) is 17.5 Å². The molecule has 1 atom stereocenters. The summed E-state index contributed by atoms with van der Waals surface area (Å²) in [5, 5.41) is 0. The number of rotatable bonds is 5. The van der Waals surface area contributed by atoms with E-state index in [1.165, 1.54) is 12.1 Å². The molecule has 1 aromatic rings. The Kier molecular flexibility index (Phi) is 4.62. The van der Waals surface area contributed by atoms with Crippen LogP contribution in [0.15, 0.2) is 23.1 Å². The molecule has 0 amide bonds. The molecular weight excluding hydrogens is 281 g/mol. The van der Waals surface area contributed by atoms with Gasteiger partial charge in [0.1, 0.15) is 10.7 Å². The van der Waals surface area contributed by atoms with Crippen LogP contribution >= 0.6 is 0 Å². The number of likely N-dealkylation sites (tertiary alicyclic amines) is 1. The molecule has 2 rings (SSSR count). The minimum Gasteiger partial charge on any atom is -0.398 e. The summed E-state index contributed by atoms with van der Waals surface area (Å²) in [6.45, 7) is 4.35. The van der Waals surface area contributed by atoms with E-state index in [-0.39, 0.29) is 11.7 Å². The minimum atomic E-state index is -3.94. The summed E-state index contributed by atoms with van der Waals surface area (Å²) in [5.74, 6) is -0.828. The number of hydrogen-bond donors (Lipinski definition) is 2. The highest BCUT2D eigenvalue weighted by Gasteiger charge is 2.25. The summed E-state index contributed by atoms with van der Waals surface area (Å²) in [7, 11) is -3.94. The molecule has 1 saturated heterocycles. The highest BCUT2D eigenvalue weighted by Crippen LogP contribution is 2.21.